The van der Waals surface area contributed by atoms with E-state index in [1.807, 2.05) is 14.0 Å². The van der Waals surface area contributed by atoms with Gasteiger partial charge < -0.3 is 10.6 Å². The van der Waals surface area contributed by atoms with Crippen LogP contribution in [0.15, 0.2) is 6.33 Å². The van der Waals surface area contributed by atoms with Gasteiger partial charge in [-0.3, -0.25) is 0 Å². The summed E-state index contributed by atoms with van der Waals surface area (Å²) in [5, 5.41) is 6.24. The zero-order valence-corrected chi connectivity index (χ0v) is 11.4. The number of anilines is 2. The van der Waals surface area contributed by atoms with E-state index in [-0.39, 0.29) is 17.5 Å². The van der Waals surface area contributed by atoms with Crippen molar-refractivity contribution in [1.29, 1.82) is 0 Å². The third kappa shape index (κ3) is 2.72. The molecule has 6 nitrogen and oxygen atoms in total. The Morgan fingerprint density at radius 1 is 1.39 bits per heavy atom. The molecule has 1 aliphatic rings. The zero-order chi connectivity index (χ0) is 13.2. The lowest BCUT2D eigenvalue weighted by atomic mass is 10.2. The number of aromatic nitrogens is 2. The molecule has 1 aromatic rings. The van der Waals surface area contributed by atoms with Crippen molar-refractivity contribution in [2.75, 3.05) is 29.2 Å². The van der Waals surface area contributed by atoms with Crippen molar-refractivity contribution in [2.45, 2.75) is 25.8 Å². The Labute approximate surface area is 107 Å². The molecule has 2 heterocycles. The van der Waals surface area contributed by atoms with E-state index in [1.165, 1.54) is 6.33 Å². The molecule has 2 rings (SSSR count). The van der Waals surface area contributed by atoms with Crippen LogP contribution in [0.5, 0.6) is 0 Å². The molecule has 0 amide bonds. The van der Waals surface area contributed by atoms with Crippen LogP contribution < -0.4 is 10.6 Å². The Balaban J connectivity index is 2.19. The average Bonchev–Trinajstić information content (AvgIpc) is 2.68. The van der Waals surface area contributed by atoms with Crippen molar-refractivity contribution in [3.8, 4) is 0 Å². The molecule has 0 saturated carbocycles. The van der Waals surface area contributed by atoms with Gasteiger partial charge in [0.05, 0.1) is 11.5 Å². The van der Waals surface area contributed by atoms with Crippen molar-refractivity contribution in [3.63, 3.8) is 0 Å². The van der Waals surface area contributed by atoms with E-state index in [0.717, 1.165) is 23.6 Å². The first kappa shape index (κ1) is 13.1. The quantitative estimate of drug-likeness (QED) is 0.837. The molecule has 1 unspecified atom stereocenters. The number of hydrogen-bond acceptors (Lipinski definition) is 6. The molecule has 0 bridgehead atoms. The molecule has 7 heteroatoms. The lowest BCUT2D eigenvalue weighted by Crippen LogP contribution is -2.22. The molecule has 0 aliphatic carbocycles. The van der Waals surface area contributed by atoms with Gasteiger partial charge in [0.1, 0.15) is 18.0 Å². The molecule has 2 N–H and O–H groups in total. The summed E-state index contributed by atoms with van der Waals surface area (Å²) in [5.41, 5.74) is 0.990. The van der Waals surface area contributed by atoms with Crippen molar-refractivity contribution < 1.29 is 8.42 Å². The number of hydrogen-bond donors (Lipinski definition) is 2. The second kappa shape index (κ2) is 5.09. The van der Waals surface area contributed by atoms with Crippen LogP contribution in [-0.2, 0) is 16.3 Å². The first-order valence-corrected chi connectivity index (χ1v) is 7.86. The van der Waals surface area contributed by atoms with Gasteiger partial charge in [-0.05, 0) is 12.8 Å². The summed E-state index contributed by atoms with van der Waals surface area (Å²) in [5.74, 6) is 1.97. The van der Waals surface area contributed by atoms with Crippen LogP contribution in [0.1, 0.15) is 18.9 Å². The first-order valence-electron chi connectivity index (χ1n) is 6.04. The van der Waals surface area contributed by atoms with Gasteiger partial charge in [0, 0.05) is 18.7 Å². The monoisotopic (exact) mass is 270 g/mol. The van der Waals surface area contributed by atoms with Gasteiger partial charge in [-0.25, -0.2) is 18.4 Å². The SMILES string of the molecule is CCc1c(NC)ncnc1NC1CCS(=O)(=O)C1. The van der Waals surface area contributed by atoms with E-state index < -0.39 is 9.84 Å². The smallest absolute Gasteiger partial charge is 0.152 e. The fourth-order valence-electron chi connectivity index (χ4n) is 2.19. The summed E-state index contributed by atoms with van der Waals surface area (Å²) in [4.78, 5) is 8.36. The predicted molar refractivity (Wildman–Crippen MR) is 71.6 cm³/mol. The Morgan fingerprint density at radius 2 is 2.11 bits per heavy atom. The highest BCUT2D eigenvalue weighted by Gasteiger charge is 2.28. The maximum Gasteiger partial charge on any atom is 0.152 e. The largest absolute Gasteiger partial charge is 0.373 e. The molecule has 1 aliphatic heterocycles. The maximum atomic E-state index is 11.4. The number of sulfone groups is 1. The molecule has 1 fully saturated rings. The summed E-state index contributed by atoms with van der Waals surface area (Å²) in [7, 11) is -1.06. The molecule has 1 atom stereocenters. The fourth-order valence-corrected chi connectivity index (χ4v) is 3.86. The van der Waals surface area contributed by atoms with Crippen LogP contribution in [0.25, 0.3) is 0 Å². The second-order valence-electron chi connectivity index (χ2n) is 4.40. The zero-order valence-electron chi connectivity index (χ0n) is 10.6. The molecule has 0 radical (unpaired) electrons. The van der Waals surface area contributed by atoms with Crippen molar-refractivity contribution >= 4 is 21.5 Å². The van der Waals surface area contributed by atoms with Gasteiger partial charge in [0.25, 0.3) is 0 Å². The third-order valence-electron chi connectivity index (χ3n) is 3.11. The fraction of sp³-hybridized carbons (Fsp3) is 0.636. The van der Waals surface area contributed by atoms with Gasteiger partial charge in [0.2, 0.25) is 0 Å². The van der Waals surface area contributed by atoms with E-state index in [4.69, 9.17) is 0 Å². The molecule has 100 valence electrons. The van der Waals surface area contributed by atoms with Crippen LogP contribution in [-0.4, -0.2) is 43.0 Å². The van der Waals surface area contributed by atoms with E-state index >= 15 is 0 Å². The molecular formula is C11H18N4O2S. The van der Waals surface area contributed by atoms with Gasteiger partial charge in [0.15, 0.2) is 9.84 Å². The highest BCUT2D eigenvalue weighted by atomic mass is 32.2. The topological polar surface area (TPSA) is 84.0 Å². The van der Waals surface area contributed by atoms with Crippen LogP contribution in [0.4, 0.5) is 11.6 Å². The minimum Gasteiger partial charge on any atom is -0.373 e. The van der Waals surface area contributed by atoms with E-state index in [9.17, 15) is 8.42 Å². The Kier molecular flexibility index (Phi) is 3.70. The summed E-state index contributed by atoms with van der Waals surface area (Å²) in [6.07, 6.45) is 2.92. The second-order valence-corrected chi connectivity index (χ2v) is 6.63. The summed E-state index contributed by atoms with van der Waals surface area (Å²) in [6, 6.07) is -0.0418. The van der Waals surface area contributed by atoms with Crippen LogP contribution in [0, 0.1) is 0 Å². The maximum absolute atomic E-state index is 11.4. The third-order valence-corrected chi connectivity index (χ3v) is 4.88. The van der Waals surface area contributed by atoms with Crippen molar-refractivity contribution in [3.05, 3.63) is 11.9 Å². The van der Waals surface area contributed by atoms with Crippen LogP contribution in [0.3, 0.4) is 0 Å². The highest BCUT2D eigenvalue weighted by Crippen LogP contribution is 2.23. The predicted octanol–water partition coefficient (Wildman–Crippen LogP) is 0.680. The van der Waals surface area contributed by atoms with Crippen molar-refractivity contribution in [2.24, 2.45) is 0 Å². The molecule has 0 spiro atoms. The molecular weight excluding hydrogens is 252 g/mol. The highest BCUT2D eigenvalue weighted by molar-refractivity contribution is 7.91. The lowest BCUT2D eigenvalue weighted by molar-refractivity contribution is 0.602. The number of nitrogens with zero attached hydrogens (tertiary/aromatic N) is 2. The van der Waals surface area contributed by atoms with Crippen molar-refractivity contribution in [1.82, 2.24) is 9.97 Å². The van der Waals surface area contributed by atoms with E-state index in [2.05, 4.69) is 20.6 Å². The van der Waals surface area contributed by atoms with Crippen LogP contribution >= 0.6 is 0 Å². The average molecular weight is 270 g/mol. The summed E-state index contributed by atoms with van der Waals surface area (Å²) in [6.45, 7) is 2.02. The Bertz CT molecular complexity index is 530. The van der Waals surface area contributed by atoms with Gasteiger partial charge in [-0.15, -0.1) is 0 Å². The number of rotatable bonds is 4. The Morgan fingerprint density at radius 3 is 2.67 bits per heavy atom. The Hall–Kier alpha value is -1.37. The van der Waals surface area contributed by atoms with Gasteiger partial charge >= 0.3 is 0 Å². The molecule has 1 aromatic heterocycles. The molecule has 18 heavy (non-hydrogen) atoms. The first-order chi connectivity index (χ1) is 8.55. The number of nitrogens with one attached hydrogen (secondary N) is 2. The van der Waals surface area contributed by atoms with E-state index in [1.54, 1.807) is 0 Å². The standard InChI is InChI=1S/C11H18N4O2S/c1-3-9-10(12-2)13-7-14-11(9)15-8-4-5-18(16,17)6-8/h7-8H,3-6H2,1-2H3,(H2,12,13,14,15). The normalized spacial score (nSPS) is 21.8. The molecule has 1 saturated heterocycles. The van der Waals surface area contributed by atoms with Crippen LogP contribution in [0.2, 0.25) is 0 Å². The minimum absolute atomic E-state index is 0.0418. The minimum atomic E-state index is -2.87. The van der Waals surface area contributed by atoms with Gasteiger partial charge in [-0.2, -0.15) is 0 Å². The lowest BCUT2D eigenvalue weighted by Gasteiger charge is -2.16. The summed E-state index contributed by atoms with van der Waals surface area (Å²) < 4.78 is 22.8. The summed E-state index contributed by atoms with van der Waals surface area (Å²) >= 11 is 0. The van der Waals surface area contributed by atoms with E-state index in [0.29, 0.717) is 6.42 Å². The molecule has 0 aromatic carbocycles. The van der Waals surface area contributed by atoms with Gasteiger partial charge in [-0.1, -0.05) is 6.92 Å².